The summed E-state index contributed by atoms with van der Waals surface area (Å²) in [6, 6.07) is 30.9. The van der Waals surface area contributed by atoms with Crippen LogP contribution in [0.1, 0.15) is 300 Å². The largest absolute Gasteiger partial charge is 0.192 e. The predicted octanol–water partition coefficient (Wildman–Crippen LogP) is 25.3. The Kier molecular flexibility index (Phi) is 39.8. The zero-order chi connectivity index (χ0) is 95.8. The van der Waals surface area contributed by atoms with Gasteiger partial charge in [-0.2, -0.15) is 78.9 Å². The second-order valence-electron chi connectivity index (χ2n) is 31.7. The Bertz CT molecular complexity index is 5780. The van der Waals surface area contributed by atoms with Crippen LogP contribution in [0.25, 0.3) is 0 Å². The molecule has 0 saturated carbocycles. The van der Waals surface area contributed by atoms with Crippen LogP contribution >= 0.6 is 0 Å². The molecule has 0 radical (unpaired) electrons. The highest BCUT2D eigenvalue weighted by Gasteiger charge is 2.23. The number of hydrogen-bond acceptors (Lipinski definition) is 15. The summed E-state index contributed by atoms with van der Waals surface area (Å²) >= 11 is 0. The lowest BCUT2D eigenvalue weighted by Crippen LogP contribution is -2.01. The lowest BCUT2D eigenvalue weighted by molar-refractivity contribution is 1.13. The molecule has 15 nitrogen and oxygen atoms in total. The zero-order valence-electron chi connectivity index (χ0n) is 80.2. The quantitative estimate of drug-likeness (QED) is 0.136. The van der Waals surface area contributed by atoms with Crippen molar-refractivity contribution in [3.63, 3.8) is 0 Å². The highest BCUT2D eigenvalue weighted by molar-refractivity contribution is 5.69. The van der Waals surface area contributed by atoms with Crippen molar-refractivity contribution in [2.45, 2.75) is 270 Å². The van der Waals surface area contributed by atoms with Crippen molar-refractivity contribution in [1.82, 2.24) is 0 Å². The van der Waals surface area contributed by atoms with Crippen molar-refractivity contribution in [2.24, 2.45) is 0 Å². The second-order valence-corrected chi connectivity index (χ2v) is 31.7. The van der Waals surface area contributed by atoms with Gasteiger partial charge in [0.05, 0.1) is 120 Å². The molecule has 0 unspecified atom stereocenters. The fourth-order valence-corrected chi connectivity index (χ4v) is 14.7. The SMILES string of the molecule is Cc1c(C)c(C#N)c(C#N)c(C#N)c1C.Cc1c(C)c(C#N)c(C#N)c(C#N)c1C#N.Cc1c(C)c(C#N)c(C)c(C#N)c1C.Cc1c(C)c(C)c(C#N)c(C#N)c1C.Cc1c(C)c(C)c(C#N)c(C)c1C.Cc1c(C)c(C)c(C#N)c(C)c1C.Cc1c(C)c(C)c(C#N)c(C)c1C.Cc1c(C)c(C)c(C#N)c(C)c1C.Cc1c(C)c(C)c(C)c(C)c1C. The van der Waals surface area contributed by atoms with E-state index in [-0.39, 0.29) is 27.8 Å². The van der Waals surface area contributed by atoms with E-state index in [1.165, 1.54) is 100 Å². The van der Waals surface area contributed by atoms with Crippen LogP contribution in [0.2, 0.25) is 0 Å². The first-order chi connectivity index (χ1) is 57.2. The monoisotopic (exact) mass is 1620 g/mol. The molecule has 0 heterocycles. The van der Waals surface area contributed by atoms with Gasteiger partial charge in [0.1, 0.15) is 54.6 Å². The van der Waals surface area contributed by atoms with E-state index in [9.17, 15) is 0 Å². The van der Waals surface area contributed by atoms with Crippen molar-refractivity contribution in [3.05, 3.63) is 300 Å². The summed E-state index contributed by atoms with van der Waals surface area (Å²) in [5.74, 6) is 0. The molecule has 0 aliphatic carbocycles. The van der Waals surface area contributed by atoms with Gasteiger partial charge in [-0.15, -0.1) is 0 Å². The lowest BCUT2D eigenvalue weighted by Gasteiger charge is -2.15. The van der Waals surface area contributed by atoms with E-state index in [1.54, 1.807) is 27.7 Å². The van der Waals surface area contributed by atoms with Crippen LogP contribution in [0.3, 0.4) is 0 Å². The first kappa shape index (κ1) is 106. The number of rotatable bonds is 0. The molecule has 0 aliphatic heterocycles. The summed E-state index contributed by atoms with van der Waals surface area (Å²) in [6.07, 6.45) is 0. The third-order valence-corrected chi connectivity index (χ3v) is 26.8. The van der Waals surface area contributed by atoms with Gasteiger partial charge in [-0.1, -0.05) is 0 Å². The normalized spacial score (nSPS) is 9.46. The van der Waals surface area contributed by atoms with Crippen molar-refractivity contribution in [1.29, 1.82) is 78.9 Å². The average molecular weight is 1630 g/mol. The Balaban J connectivity index is 0.000000693. The molecule has 0 aliphatic rings. The molecule has 0 aromatic heterocycles. The molecule has 0 N–H and O–H groups in total. The number of nitrogens with zero attached hydrogens (tertiary/aromatic N) is 15. The number of hydrogen-bond donors (Lipinski definition) is 0. The molecule has 0 saturated heterocycles. The molecule has 0 spiro atoms. The highest BCUT2D eigenvalue weighted by Crippen LogP contribution is 2.34. The Hall–Kier alpha value is -14.7. The van der Waals surface area contributed by atoms with Gasteiger partial charge >= 0.3 is 0 Å². The zero-order valence-corrected chi connectivity index (χ0v) is 80.2. The third kappa shape index (κ3) is 22.3. The maximum atomic E-state index is 8.99. The standard InChI is InChI=1S/C12H6N4.C12H9N3.2C12H12N2.4C12H15N.C12H18/c1-7-8(2)10(4-14)12(6-16)11(5-15)9(7)3-13;1-7-8(2)10(4-13)12(6-15)11(5-14)9(7)3;1-7-8(2)11(5-13)10(4)12(6-14)9(7)3;1-7-8(2)10(4)12(6-14)11(5-13)9(7)3;4*1-7-8(2)10(4)12(6-13)11(5)9(7)3;1-7-8(2)10(4)12(6)11(5)9(7)3/h1-2H3;1-3H3;2*1-4H3;4*1-5H3;1-6H3. The summed E-state index contributed by atoms with van der Waals surface area (Å²) in [6.45, 7) is 78.7. The number of benzene rings is 9. The minimum atomic E-state index is -0.00958. The summed E-state index contributed by atoms with van der Waals surface area (Å²) in [5.41, 5.74) is 51.4. The fraction of sp³-hybridized carbons (Fsp3) is 0.361. The smallest absolute Gasteiger partial charge is 0.102 e. The van der Waals surface area contributed by atoms with E-state index in [0.29, 0.717) is 44.5 Å². The Labute approximate surface area is 736 Å². The van der Waals surface area contributed by atoms with Gasteiger partial charge < -0.3 is 0 Å². The minimum Gasteiger partial charge on any atom is -0.192 e. The molecule has 0 bridgehead atoms. The van der Waals surface area contributed by atoms with Crippen LogP contribution in [-0.2, 0) is 0 Å². The van der Waals surface area contributed by atoms with E-state index in [2.05, 4.69) is 173 Å². The average Bonchev–Trinajstić information content (AvgIpc) is 0.758. The van der Waals surface area contributed by atoms with Crippen LogP contribution in [-0.4, -0.2) is 0 Å². The van der Waals surface area contributed by atoms with Crippen LogP contribution < -0.4 is 0 Å². The molecule has 123 heavy (non-hydrogen) atoms. The molecule has 9 rings (SSSR count). The van der Waals surface area contributed by atoms with Gasteiger partial charge in [-0.05, 0) is 487 Å². The highest BCUT2D eigenvalue weighted by atomic mass is 14.4. The molecular weight excluding hydrogens is 1510 g/mol. The van der Waals surface area contributed by atoms with Crippen LogP contribution in [0.4, 0.5) is 0 Å². The molecule has 0 fully saturated rings. The van der Waals surface area contributed by atoms with Gasteiger partial charge in [0.2, 0.25) is 0 Å². The van der Waals surface area contributed by atoms with E-state index in [1.807, 2.05) is 160 Å². The second kappa shape index (κ2) is 46.1. The topological polar surface area (TPSA) is 357 Å². The van der Waals surface area contributed by atoms with Crippen LogP contribution in [0.15, 0.2) is 0 Å². The fourth-order valence-electron chi connectivity index (χ4n) is 14.7. The Morgan fingerprint density at radius 3 is 0.236 bits per heavy atom. The molecule has 9 aromatic carbocycles. The summed E-state index contributed by atoms with van der Waals surface area (Å²) < 4.78 is 0. The van der Waals surface area contributed by atoms with Crippen molar-refractivity contribution in [2.75, 3.05) is 0 Å². The van der Waals surface area contributed by atoms with Crippen molar-refractivity contribution in [3.8, 4) is 91.0 Å². The molecular formula is C108H117N15. The Morgan fingerprint density at radius 1 is 0.0732 bits per heavy atom. The van der Waals surface area contributed by atoms with Gasteiger partial charge in [-0.3, -0.25) is 0 Å². The molecule has 15 heteroatoms. The van der Waals surface area contributed by atoms with E-state index >= 15 is 0 Å². The molecule has 0 amide bonds. The predicted molar refractivity (Wildman–Crippen MR) is 493 cm³/mol. The van der Waals surface area contributed by atoms with Crippen LogP contribution in [0, 0.1) is 440 Å². The van der Waals surface area contributed by atoms with Crippen LogP contribution in [0.5, 0.6) is 0 Å². The molecule has 624 valence electrons. The summed E-state index contributed by atoms with van der Waals surface area (Å²) in [5, 5.41) is 134. The first-order valence-electron chi connectivity index (χ1n) is 40.1. The Morgan fingerprint density at radius 2 is 0.130 bits per heavy atom. The van der Waals surface area contributed by atoms with Gasteiger partial charge in [0.25, 0.3) is 0 Å². The molecule has 9 aromatic rings. The van der Waals surface area contributed by atoms with Crippen molar-refractivity contribution < 1.29 is 0 Å². The van der Waals surface area contributed by atoms with E-state index in [4.69, 9.17) is 78.9 Å². The van der Waals surface area contributed by atoms with Gasteiger partial charge in [0, 0.05) is 0 Å². The molecule has 0 atom stereocenters. The minimum absolute atomic E-state index is 0.00958. The lowest BCUT2D eigenvalue weighted by atomic mass is 9.89. The van der Waals surface area contributed by atoms with Gasteiger partial charge in [0.15, 0.2) is 0 Å². The summed E-state index contributed by atoms with van der Waals surface area (Å²) in [4.78, 5) is 0. The third-order valence-electron chi connectivity index (χ3n) is 26.8. The van der Waals surface area contributed by atoms with E-state index < -0.39 is 0 Å². The van der Waals surface area contributed by atoms with Crippen molar-refractivity contribution >= 4 is 0 Å². The first-order valence-corrected chi connectivity index (χ1v) is 40.1. The maximum absolute atomic E-state index is 8.99. The van der Waals surface area contributed by atoms with Gasteiger partial charge in [-0.25, -0.2) is 0 Å². The summed E-state index contributed by atoms with van der Waals surface area (Å²) in [7, 11) is 0. The number of nitriles is 15. The maximum Gasteiger partial charge on any atom is 0.102 e. The van der Waals surface area contributed by atoms with E-state index in [0.717, 1.165) is 128 Å².